The van der Waals surface area contributed by atoms with Crippen molar-refractivity contribution >= 4 is 0 Å². The largest absolute Gasteiger partial charge is 0.396 e. The average Bonchev–Trinajstić information content (AvgIpc) is 3.32. The summed E-state index contributed by atoms with van der Waals surface area (Å²) in [5, 5.41) is 8.14. The number of methoxy groups -OCH3 is 1. The third-order valence-corrected chi connectivity index (χ3v) is 9.20. The van der Waals surface area contributed by atoms with E-state index in [1.165, 1.54) is 43.5 Å². The highest BCUT2D eigenvalue weighted by Gasteiger charge is 2.10. The van der Waals surface area contributed by atoms with E-state index in [9.17, 15) is 8.78 Å². The highest BCUT2D eigenvalue weighted by molar-refractivity contribution is 5.08. The number of aryl methyl sites for hydroxylation is 2. The Morgan fingerprint density at radius 2 is 1.05 bits per heavy atom. The Kier molecular flexibility index (Phi) is 86.4. The van der Waals surface area contributed by atoms with Crippen LogP contribution in [0.15, 0.2) is 55.9 Å². The van der Waals surface area contributed by atoms with Crippen molar-refractivity contribution in [1.82, 2.24) is 24.8 Å². The van der Waals surface area contributed by atoms with Crippen LogP contribution in [0, 0.1) is 65.1 Å². The Morgan fingerprint density at radius 1 is 0.671 bits per heavy atom. The molecule has 1 saturated heterocycles. The predicted octanol–water partition coefficient (Wildman–Crippen LogP) is 18.6. The molecule has 1 N–H and O–H groups in total. The van der Waals surface area contributed by atoms with Gasteiger partial charge < -0.3 is 19.5 Å². The quantitative estimate of drug-likeness (QED) is 0.157. The van der Waals surface area contributed by atoms with Crippen LogP contribution in [0.2, 0.25) is 0 Å². The van der Waals surface area contributed by atoms with Gasteiger partial charge in [-0.3, -0.25) is 14.3 Å². The molecule has 3 heterocycles. The third-order valence-electron chi connectivity index (χ3n) is 9.20. The van der Waals surface area contributed by atoms with Crippen molar-refractivity contribution in [1.29, 1.82) is 0 Å². The van der Waals surface area contributed by atoms with Crippen LogP contribution in [-0.2, 0) is 22.3 Å². The lowest BCUT2D eigenvalue weighted by molar-refractivity contribution is 0.0329. The fourth-order valence-corrected chi connectivity index (χ4v) is 4.28. The monoisotopic (exact) mass is 1090 g/mol. The number of rotatable bonds is 17. The summed E-state index contributed by atoms with van der Waals surface area (Å²) in [6.45, 7) is 63.5. The minimum absolute atomic E-state index is 0. The fraction of sp³-hybridized carbons (Fsp3) is 0.833. The first-order valence-corrected chi connectivity index (χ1v) is 29.2. The van der Waals surface area contributed by atoms with E-state index in [2.05, 4.69) is 176 Å². The highest BCUT2D eigenvalue weighted by Crippen LogP contribution is 2.08. The Balaban J connectivity index is -0.0000000945. The number of hydrogen-bond donors (Lipinski definition) is 1. The molecule has 0 spiro atoms. The van der Waals surface area contributed by atoms with Crippen LogP contribution in [0.3, 0.4) is 0 Å². The number of aliphatic hydroxyl groups is 1. The molecular formula is C66H139F2N5O3. The average molecular weight is 1090 g/mol. The van der Waals surface area contributed by atoms with Gasteiger partial charge in [0.25, 0.3) is 0 Å². The zero-order valence-corrected chi connectivity index (χ0v) is 55.4. The minimum atomic E-state index is -0.648. The van der Waals surface area contributed by atoms with Gasteiger partial charge in [0, 0.05) is 64.7 Å². The molecule has 0 bridgehead atoms. The van der Waals surface area contributed by atoms with Crippen LogP contribution < -0.4 is 0 Å². The molecule has 2 aromatic rings. The lowest BCUT2D eigenvalue weighted by Crippen LogP contribution is -2.38. The topological polar surface area (TPSA) is 83.8 Å². The van der Waals surface area contributed by atoms with Gasteiger partial charge in [0.05, 0.1) is 26.1 Å². The summed E-state index contributed by atoms with van der Waals surface area (Å²) >= 11 is 0. The smallest absolute Gasteiger partial charge is 0.115 e. The number of halogens is 2. The summed E-state index contributed by atoms with van der Waals surface area (Å²) in [6.07, 6.45) is 16.4. The molecule has 1 aliphatic rings. The molecule has 1 unspecified atom stereocenters. The molecule has 76 heavy (non-hydrogen) atoms. The second-order valence-corrected chi connectivity index (χ2v) is 24.3. The van der Waals surface area contributed by atoms with Crippen molar-refractivity contribution in [2.24, 2.45) is 65.1 Å². The Bertz CT molecular complexity index is 1190. The van der Waals surface area contributed by atoms with Gasteiger partial charge in [0.15, 0.2) is 0 Å². The first kappa shape index (κ1) is 93.0. The van der Waals surface area contributed by atoms with Crippen molar-refractivity contribution in [2.45, 2.75) is 219 Å². The van der Waals surface area contributed by atoms with E-state index >= 15 is 0 Å². The van der Waals surface area contributed by atoms with Gasteiger partial charge in [0.1, 0.15) is 6.33 Å². The van der Waals surface area contributed by atoms with Crippen LogP contribution in [0.1, 0.15) is 211 Å². The standard InChI is InChI=1S/C10H15N.C9H14N2.C8H17NO.C6H15N.C5H11F.C5H12O.C5H12.C5H10.C4H9F.C4H10O.C4H10.CH4/c1-9(2)5-6-10-4-3-7-11-8-10;1-8(2)3-4-9-5-10-7-11-6-9;1-8(2)7-9-3-5-10-6-4-9;1-6(2)5-7(3)4;1-4(2)5(3)6;1-5(2)4-6-3;2*1-4-5(2)3;2*1-4(2)3-5;1-4(2)3;/h3-4,7-9H,5-6H2,1-2H3;5-8H,3-4H2,1-2H3;8H,3-7H2,1-2H3;6H,5H2,1-4H3;4-5H,1-3H3;5H,4H2,1-3H3;5H,4H2,1-3H3;4-5H,1H2,2-3H3;4H,3H2,1-2H3;4-5H,3H2,1-2H3;4H,1-3H3;1H4. The fourth-order valence-electron chi connectivity index (χ4n) is 4.28. The molecule has 0 amide bonds. The number of pyridine rings is 1. The van der Waals surface area contributed by atoms with Crippen molar-refractivity contribution < 1.29 is 23.4 Å². The van der Waals surface area contributed by atoms with Crippen LogP contribution in [0.4, 0.5) is 8.78 Å². The molecule has 3 rings (SSSR count). The molecule has 0 radical (unpaired) electrons. The van der Waals surface area contributed by atoms with Gasteiger partial charge in [-0.2, -0.15) is 0 Å². The predicted molar refractivity (Wildman–Crippen MR) is 340 cm³/mol. The van der Waals surface area contributed by atoms with E-state index in [1.54, 1.807) is 20.4 Å². The van der Waals surface area contributed by atoms with Gasteiger partial charge in [-0.1, -0.05) is 192 Å². The number of alkyl halides is 2. The van der Waals surface area contributed by atoms with Crippen LogP contribution in [-0.4, -0.2) is 117 Å². The van der Waals surface area contributed by atoms with Crippen molar-refractivity contribution in [2.75, 3.05) is 80.5 Å². The zero-order chi connectivity index (χ0) is 60.3. The molecule has 0 aliphatic carbocycles. The Labute approximate surface area is 477 Å². The maximum atomic E-state index is 11.8. The molecule has 8 nitrogen and oxygen atoms in total. The van der Waals surface area contributed by atoms with Gasteiger partial charge in [-0.15, -0.1) is 6.58 Å². The number of nitrogens with zero attached hydrogens (tertiary/aromatic N) is 5. The summed E-state index contributed by atoms with van der Waals surface area (Å²) in [5.74, 6) is 7.02. The number of ether oxygens (including phenoxy) is 2. The minimum Gasteiger partial charge on any atom is -0.396 e. The van der Waals surface area contributed by atoms with Gasteiger partial charge in [-0.25, -0.2) is 14.4 Å². The van der Waals surface area contributed by atoms with Crippen LogP contribution in [0.5, 0.6) is 0 Å². The van der Waals surface area contributed by atoms with Gasteiger partial charge in [0.2, 0.25) is 0 Å². The van der Waals surface area contributed by atoms with E-state index in [0.717, 1.165) is 81.3 Å². The molecule has 1 aliphatic heterocycles. The molecule has 460 valence electrons. The third kappa shape index (κ3) is 120. The summed E-state index contributed by atoms with van der Waals surface area (Å²) in [6, 6.07) is 4.13. The van der Waals surface area contributed by atoms with Crippen LogP contribution in [0.25, 0.3) is 0 Å². The number of morpholine rings is 1. The van der Waals surface area contributed by atoms with Gasteiger partial charge >= 0.3 is 0 Å². The SMILES string of the molecule is C.C=CC(C)C.CC(C)C.CC(C)C(C)F.CC(C)CCc1cccnc1.CC(C)CCc1cncnc1.CC(C)CF.CC(C)CN(C)C.CC(C)CN1CCOCC1.CC(C)CO.CCC(C)C.COCC(C)C. The Hall–Kier alpha value is -2.37. The molecular weight excluding hydrogens is 949 g/mol. The molecule has 2 aromatic heterocycles. The van der Waals surface area contributed by atoms with Crippen molar-refractivity contribution in [3.05, 3.63) is 67.0 Å². The lowest BCUT2D eigenvalue weighted by Gasteiger charge is -2.27. The summed E-state index contributed by atoms with van der Waals surface area (Å²) in [5.41, 5.74) is 2.59. The molecule has 0 aromatic carbocycles. The summed E-state index contributed by atoms with van der Waals surface area (Å²) in [7, 11) is 5.92. The number of aromatic nitrogens is 3. The molecule has 1 fully saturated rings. The number of allylic oxidation sites excluding steroid dienone is 1. The zero-order valence-electron chi connectivity index (χ0n) is 55.4. The van der Waals surface area contributed by atoms with E-state index < -0.39 is 6.17 Å². The first-order valence-electron chi connectivity index (χ1n) is 29.2. The number of hydrogen-bond acceptors (Lipinski definition) is 8. The van der Waals surface area contributed by atoms with E-state index in [4.69, 9.17) is 14.6 Å². The second kappa shape index (κ2) is 70.6. The molecule has 1 atom stereocenters. The second-order valence-electron chi connectivity index (χ2n) is 24.3. The summed E-state index contributed by atoms with van der Waals surface area (Å²) in [4.78, 5) is 16.6. The van der Waals surface area contributed by atoms with Gasteiger partial charge in [-0.05, 0) is 136 Å². The van der Waals surface area contributed by atoms with Crippen molar-refractivity contribution in [3.63, 3.8) is 0 Å². The van der Waals surface area contributed by atoms with E-state index in [-0.39, 0.29) is 25.9 Å². The Morgan fingerprint density at radius 3 is 1.26 bits per heavy atom. The van der Waals surface area contributed by atoms with E-state index in [0.29, 0.717) is 24.4 Å². The van der Waals surface area contributed by atoms with Crippen LogP contribution >= 0.6 is 0 Å². The maximum absolute atomic E-state index is 11.8. The maximum Gasteiger partial charge on any atom is 0.115 e. The first-order chi connectivity index (χ1) is 34.7. The summed E-state index contributed by atoms with van der Waals surface area (Å²) < 4.78 is 33.0. The normalized spacial score (nSPS) is 11.9. The van der Waals surface area contributed by atoms with E-state index in [1.807, 2.05) is 78.5 Å². The number of aliphatic hydroxyl groups excluding tert-OH is 1. The highest BCUT2D eigenvalue weighted by atomic mass is 19.1. The molecule has 10 heteroatoms. The lowest BCUT2D eigenvalue weighted by atomic mass is 10.0. The van der Waals surface area contributed by atoms with Crippen molar-refractivity contribution in [3.8, 4) is 0 Å². The molecule has 0 saturated carbocycles.